The predicted molar refractivity (Wildman–Crippen MR) is 49.7 cm³/mol. The summed E-state index contributed by atoms with van der Waals surface area (Å²) in [5, 5.41) is 8.51. The van der Waals surface area contributed by atoms with Gasteiger partial charge in [0.2, 0.25) is 0 Å². The van der Waals surface area contributed by atoms with Crippen molar-refractivity contribution in [1.29, 1.82) is 0 Å². The Balaban J connectivity index is 0. The number of aliphatic hydroxyl groups is 1. The fourth-order valence-electron chi connectivity index (χ4n) is 1.25. The van der Waals surface area contributed by atoms with Gasteiger partial charge in [0.25, 0.3) is 0 Å². The van der Waals surface area contributed by atoms with E-state index in [1.54, 1.807) is 0 Å². The van der Waals surface area contributed by atoms with Gasteiger partial charge >= 0.3 is 0 Å². The van der Waals surface area contributed by atoms with Crippen LogP contribution < -0.4 is 0 Å². The molecule has 0 saturated heterocycles. The van der Waals surface area contributed by atoms with Gasteiger partial charge < -0.3 is 5.11 Å². The average Bonchev–Trinajstić information content (AvgIpc) is 2.03. The van der Waals surface area contributed by atoms with Crippen LogP contribution in [0.3, 0.4) is 0 Å². The molecule has 0 atom stereocenters. The summed E-state index contributed by atoms with van der Waals surface area (Å²) in [4.78, 5) is 0. The molecule has 0 aromatic heterocycles. The molecule has 0 bridgehead atoms. The minimum atomic E-state index is 0. The van der Waals surface area contributed by atoms with Crippen LogP contribution in [0.25, 0.3) is 0 Å². The molecule has 0 fully saturated rings. The molecule has 0 spiro atoms. The summed E-state index contributed by atoms with van der Waals surface area (Å²) in [6, 6.07) is 0. The Labute approximate surface area is 110 Å². The molecule has 1 N–H and O–H groups in total. The topological polar surface area (TPSA) is 20.2 Å². The first-order chi connectivity index (χ1) is 5.41. The monoisotopic (exact) mass is 300 g/mol. The van der Waals surface area contributed by atoms with Crippen LogP contribution in [0.15, 0.2) is 0 Å². The second kappa shape index (κ2) is 14.8. The van der Waals surface area contributed by atoms with E-state index in [9.17, 15) is 0 Å². The van der Waals surface area contributed by atoms with Crippen LogP contribution in [0.2, 0.25) is 0 Å². The SMILES string of the molecule is CCCCCCCCCCO.[Nd]. The van der Waals surface area contributed by atoms with E-state index in [4.69, 9.17) is 5.11 Å². The van der Waals surface area contributed by atoms with Gasteiger partial charge in [-0.2, -0.15) is 0 Å². The van der Waals surface area contributed by atoms with Gasteiger partial charge in [0.05, 0.1) is 0 Å². The van der Waals surface area contributed by atoms with Crippen LogP contribution in [0.1, 0.15) is 58.3 Å². The van der Waals surface area contributed by atoms with Crippen molar-refractivity contribution in [1.82, 2.24) is 0 Å². The van der Waals surface area contributed by atoms with E-state index >= 15 is 0 Å². The molecule has 0 aromatic rings. The standard InChI is InChI=1S/C10H22O.Nd/c1-2-3-4-5-6-7-8-9-10-11;/h11H,2-10H2,1H3;. The molecule has 0 unspecified atom stereocenters. The van der Waals surface area contributed by atoms with Gasteiger partial charge in [-0.25, -0.2) is 0 Å². The summed E-state index contributed by atoms with van der Waals surface area (Å²) in [6.45, 7) is 2.61. The van der Waals surface area contributed by atoms with Gasteiger partial charge in [-0.05, 0) is 6.42 Å². The van der Waals surface area contributed by atoms with Crippen LogP contribution in [0.5, 0.6) is 0 Å². The number of hydrogen-bond acceptors (Lipinski definition) is 1. The Morgan fingerprint density at radius 2 is 1.17 bits per heavy atom. The third-order valence-electron chi connectivity index (χ3n) is 2.01. The second-order valence-corrected chi connectivity index (χ2v) is 3.20. The van der Waals surface area contributed by atoms with E-state index < -0.39 is 0 Å². The van der Waals surface area contributed by atoms with Crippen molar-refractivity contribution < 1.29 is 45.9 Å². The van der Waals surface area contributed by atoms with Crippen LogP contribution in [0, 0.1) is 40.8 Å². The summed E-state index contributed by atoms with van der Waals surface area (Å²) in [7, 11) is 0. The van der Waals surface area contributed by atoms with Crippen LogP contribution >= 0.6 is 0 Å². The van der Waals surface area contributed by atoms with Gasteiger partial charge in [-0.1, -0.05) is 51.9 Å². The molecule has 0 aliphatic rings. The summed E-state index contributed by atoms with van der Waals surface area (Å²) in [6.07, 6.45) is 10.4. The Morgan fingerprint density at radius 1 is 0.750 bits per heavy atom. The third kappa shape index (κ3) is 13.9. The molecule has 0 heterocycles. The van der Waals surface area contributed by atoms with E-state index in [1.165, 1.54) is 44.9 Å². The summed E-state index contributed by atoms with van der Waals surface area (Å²) in [5.41, 5.74) is 0. The molecule has 1 nitrogen and oxygen atoms in total. The quantitative estimate of drug-likeness (QED) is 0.683. The number of aliphatic hydroxyl groups excluding tert-OH is 1. The zero-order valence-electron chi connectivity index (χ0n) is 8.31. The van der Waals surface area contributed by atoms with Crippen LogP contribution in [-0.4, -0.2) is 11.7 Å². The molecule has 72 valence electrons. The molecular weight excluding hydrogens is 280 g/mol. The molecule has 0 rings (SSSR count). The van der Waals surface area contributed by atoms with Crippen LogP contribution in [0.4, 0.5) is 0 Å². The Morgan fingerprint density at radius 3 is 1.58 bits per heavy atom. The zero-order chi connectivity index (χ0) is 8.36. The third-order valence-corrected chi connectivity index (χ3v) is 2.01. The van der Waals surface area contributed by atoms with Crippen LogP contribution in [-0.2, 0) is 0 Å². The summed E-state index contributed by atoms with van der Waals surface area (Å²) >= 11 is 0. The van der Waals surface area contributed by atoms with Crippen molar-refractivity contribution in [3.05, 3.63) is 0 Å². The van der Waals surface area contributed by atoms with Gasteiger partial charge in [0, 0.05) is 47.4 Å². The largest absolute Gasteiger partial charge is 0.396 e. The van der Waals surface area contributed by atoms with Gasteiger partial charge in [0.1, 0.15) is 0 Å². The first-order valence-corrected chi connectivity index (χ1v) is 5.02. The predicted octanol–water partition coefficient (Wildman–Crippen LogP) is 3.12. The van der Waals surface area contributed by atoms with Crippen molar-refractivity contribution in [3.8, 4) is 0 Å². The maximum atomic E-state index is 8.51. The maximum absolute atomic E-state index is 8.51. The summed E-state index contributed by atoms with van der Waals surface area (Å²) in [5.74, 6) is 0. The van der Waals surface area contributed by atoms with E-state index in [0.717, 1.165) is 6.42 Å². The van der Waals surface area contributed by atoms with E-state index in [1.807, 2.05) is 0 Å². The molecule has 0 aliphatic heterocycles. The minimum Gasteiger partial charge on any atom is -0.396 e. The number of hydrogen-bond donors (Lipinski definition) is 1. The first kappa shape index (κ1) is 15.8. The van der Waals surface area contributed by atoms with Crippen molar-refractivity contribution in [2.45, 2.75) is 58.3 Å². The Bertz CT molecular complexity index is 58.9. The number of rotatable bonds is 8. The maximum Gasteiger partial charge on any atom is 0.0431 e. The van der Waals surface area contributed by atoms with E-state index in [-0.39, 0.29) is 40.8 Å². The molecule has 0 saturated carbocycles. The first-order valence-electron chi connectivity index (χ1n) is 5.02. The van der Waals surface area contributed by atoms with Crippen molar-refractivity contribution in [2.75, 3.05) is 6.61 Å². The molecule has 0 aliphatic carbocycles. The number of unbranched alkanes of at least 4 members (excludes halogenated alkanes) is 7. The second-order valence-electron chi connectivity index (χ2n) is 3.20. The van der Waals surface area contributed by atoms with E-state index in [2.05, 4.69) is 6.92 Å². The molecule has 0 aromatic carbocycles. The van der Waals surface area contributed by atoms with Gasteiger partial charge in [-0.15, -0.1) is 0 Å². The van der Waals surface area contributed by atoms with Gasteiger partial charge in [-0.3, -0.25) is 0 Å². The zero-order valence-corrected chi connectivity index (χ0v) is 11.5. The Hall–Kier alpha value is 1.31. The molecule has 0 radical (unpaired) electrons. The molecule has 2 heteroatoms. The molecule has 0 amide bonds. The normalized spacial score (nSPS) is 9.50. The van der Waals surface area contributed by atoms with Gasteiger partial charge in [0.15, 0.2) is 0 Å². The average molecular weight is 303 g/mol. The summed E-state index contributed by atoms with van der Waals surface area (Å²) < 4.78 is 0. The fourth-order valence-corrected chi connectivity index (χ4v) is 1.25. The molecular formula is C10H22NdO. The van der Waals surface area contributed by atoms with Crippen molar-refractivity contribution >= 4 is 0 Å². The van der Waals surface area contributed by atoms with Crippen molar-refractivity contribution in [3.63, 3.8) is 0 Å². The fraction of sp³-hybridized carbons (Fsp3) is 1.00. The van der Waals surface area contributed by atoms with Crippen molar-refractivity contribution in [2.24, 2.45) is 0 Å². The minimum absolute atomic E-state index is 0. The van der Waals surface area contributed by atoms with E-state index in [0.29, 0.717) is 6.61 Å². The Kier molecular flexibility index (Phi) is 19.5. The molecule has 12 heavy (non-hydrogen) atoms. The smallest absolute Gasteiger partial charge is 0.0431 e.